The van der Waals surface area contributed by atoms with E-state index in [1.165, 1.54) is 44.2 Å². The second kappa shape index (κ2) is 9.55. The molecule has 0 radical (unpaired) electrons. The predicted molar refractivity (Wildman–Crippen MR) is 117 cm³/mol. The van der Waals surface area contributed by atoms with Crippen LogP contribution in [0.2, 0.25) is 0 Å². The Morgan fingerprint density at radius 3 is 2.73 bits per heavy atom. The number of hydrogen-bond acceptors (Lipinski definition) is 3. The van der Waals surface area contributed by atoms with Gasteiger partial charge >= 0.3 is 0 Å². The maximum Gasteiger partial charge on any atom is 0.293 e. The first-order chi connectivity index (χ1) is 14.7. The monoisotopic (exact) mass is 407 g/mol. The molecule has 2 aromatic rings. The van der Waals surface area contributed by atoms with Gasteiger partial charge in [0.2, 0.25) is 0 Å². The minimum atomic E-state index is -0.242. The molecule has 3 nitrogen and oxygen atoms in total. The lowest BCUT2D eigenvalue weighted by Gasteiger charge is -2.46. The van der Waals surface area contributed by atoms with E-state index in [2.05, 4.69) is 17.1 Å². The van der Waals surface area contributed by atoms with Gasteiger partial charge < -0.3 is 4.74 Å². The Morgan fingerprint density at radius 2 is 1.97 bits per heavy atom. The van der Waals surface area contributed by atoms with Crippen molar-refractivity contribution in [3.63, 3.8) is 0 Å². The summed E-state index contributed by atoms with van der Waals surface area (Å²) in [5.41, 5.74) is 2.63. The molecule has 158 valence electrons. The van der Waals surface area contributed by atoms with Crippen molar-refractivity contribution in [1.82, 2.24) is 4.98 Å². The van der Waals surface area contributed by atoms with Gasteiger partial charge in [-0.25, -0.2) is 4.39 Å². The van der Waals surface area contributed by atoms with Gasteiger partial charge in [-0.15, -0.1) is 0 Å². The summed E-state index contributed by atoms with van der Waals surface area (Å²) < 4.78 is 18.8. The van der Waals surface area contributed by atoms with Crippen molar-refractivity contribution in [3.05, 3.63) is 60.2 Å². The number of nitrogens with zero attached hydrogens (tertiary/aromatic N) is 1. The quantitative estimate of drug-likeness (QED) is 0.528. The SMILES string of the molecule is C[C@@H](OC=O)[C@@H]1CC[C@@H]2CCCC[C@H]2[C@@H]1/C=C/c1ccc(-c2cccc(F)c2)cn1. The van der Waals surface area contributed by atoms with Crippen molar-refractivity contribution in [2.45, 2.75) is 51.6 Å². The van der Waals surface area contributed by atoms with E-state index in [0.29, 0.717) is 24.2 Å². The number of pyridine rings is 1. The number of allylic oxidation sites excluding steroid dienone is 1. The highest BCUT2D eigenvalue weighted by Crippen LogP contribution is 2.48. The molecule has 1 aromatic heterocycles. The molecule has 1 heterocycles. The minimum absolute atomic E-state index is 0.0664. The zero-order valence-corrected chi connectivity index (χ0v) is 17.5. The van der Waals surface area contributed by atoms with Crippen LogP contribution in [-0.2, 0) is 9.53 Å². The fourth-order valence-electron chi connectivity index (χ4n) is 5.59. The molecule has 0 spiro atoms. The Kier molecular flexibility index (Phi) is 6.61. The predicted octanol–water partition coefficient (Wildman–Crippen LogP) is 6.30. The third kappa shape index (κ3) is 4.63. The van der Waals surface area contributed by atoms with Crippen molar-refractivity contribution < 1.29 is 13.9 Å². The van der Waals surface area contributed by atoms with E-state index in [-0.39, 0.29) is 11.9 Å². The molecule has 0 aliphatic heterocycles. The van der Waals surface area contributed by atoms with Crippen LogP contribution in [0.1, 0.15) is 51.1 Å². The summed E-state index contributed by atoms with van der Waals surface area (Å²) in [6.07, 6.45) is 13.7. The second-order valence-corrected chi connectivity index (χ2v) is 8.81. The first-order valence-electron chi connectivity index (χ1n) is 11.1. The molecular formula is C26H30FNO2. The van der Waals surface area contributed by atoms with Gasteiger partial charge in [0.05, 0.1) is 5.69 Å². The van der Waals surface area contributed by atoms with E-state index in [1.807, 2.05) is 25.1 Å². The van der Waals surface area contributed by atoms with Gasteiger partial charge in [-0.2, -0.15) is 0 Å². The molecule has 0 saturated heterocycles. The van der Waals surface area contributed by atoms with E-state index in [4.69, 9.17) is 4.74 Å². The largest absolute Gasteiger partial charge is 0.465 e. The normalized spacial score (nSPS) is 27.4. The maximum absolute atomic E-state index is 13.5. The highest BCUT2D eigenvalue weighted by Gasteiger charge is 2.41. The fourth-order valence-corrected chi connectivity index (χ4v) is 5.59. The number of rotatable bonds is 6. The van der Waals surface area contributed by atoms with Crippen LogP contribution < -0.4 is 0 Å². The van der Waals surface area contributed by atoms with Crippen LogP contribution in [0, 0.1) is 29.5 Å². The van der Waals surface area contributed by atoms with Crippen LogP contribution in [0.4, 0.5) is 4.39 Å². The van der Waals surface area contributed by atoms with E-state index in [9.17, 15) is 9.18 Å². The number of halogens is 1. The number of carbonyl (C=O) groups excluding carboxylic acids is 1. The molecule has 0 N–H and O–H groups in total. The van der Waals surface area contributed by atoms with Crippen molar-refractivity contribution in [2.75, 3.05) is 0 Å². The highest BCUT2D eigenvalue weighted by atomic mass is 19.1. The Morgan fingerprint density at radius 1 is 1.10 bits per heavy atom. The number of ether oxygens (including phenoxy) is 1. The molecular weight excluding hydrogens is 377 g/mol. The molecule has 2 aliphatic carbocycles. The van der Waals surface area contributed by atoms with Gasteiger partial charge in [-0.3, -0.25) is 9.78 Å². The lowest BCUT2D eigenvalue weighted by molar-refractivity contribution is -0.137. The molecule has 5 atom stereocenters. The van der Waals surface area contributed by atoms with Gasteiger partial charge in [0.25, 0.3) is 6.47 Å². The van der Waals surface area contributed by atoms with Crippen LogP contribution >= 0.6 is 0 Å². The Bertz CT molecular complexity index is 879. The van der Waals surface area contributed by atoms with Gasteiger partial charge in [0.15, 0.2) is 0 Å². The molecule has 30 heavy (non-hydrogen) atoms. The lowest BCUT2D eigenvalue weighted by Crippen LogP contribution is -2.40. The first-order valence-corrected chi connectivity index (χ1v) is 11.1. The van der Waals surface area contributed by atoms with Gasteiger partial charge in [0, 0.05) is 17.7 Å². The van der Waals surface area contributed by atoms with E-state index >= 15 is 0 Å². The first kappa shape index (κ1) is 20.8. The van der Waals surface area contributed by atoms with Crippen molar-refractivity contribution >= 4 is 12.5 Å². The average molecular weight is 408 g/mol. The lowest BCUT2D eigenvalue weighted by atomic mass is 9.60. The molecule has 1 aromatic carbocycles. The van der Waals surface area contributed by atoms with E-state index < -0.39 is 0 Å². The summed E-state index contributed by atoms with van der Waals surface area (Å²) in [5.74, 6) is 1.98. The second-order valence-electron chi connectivity index (χ2n) is 8.81. The number of benzene rings is 1. The maximum atomic E-state index is 13.5. The van der Waals surface area contributed by atoms with Crippen molar-refractivity contribution in [1.29, 1.82) is 0 Å². The fraction of sp³-hybridized carbons (Fsp3) is 0.462. The van der Waals surface area contributed by atoms with Gasteiger partial charge in [-0.05, 0) is 73.8 Å². The van der Waals surface area contributed by atoms with E-state index in [1.54, 1.807) is 12.3 Å². The Hall–Kier alpha value is -2.49. The topological polar surface area (TPSA) is 39.2 Å². The van der Waals surface area contributed by atoms with Crippen molar-refractivity contribution in [3.8, 4) is 11.1 Å². The smallest absolute Gasteiger partial charge is 0.293 e. The molecule has 0 amide bonds. The zero-order chi connectivity index (χ0) is 20.9. The summed E-state index contributed by atoms with van der Waals surface area (Å²) in [5, 5.41) is 0. The molecule has 0 bridgehead atoms. The summed E-state index contributed by atoms with van der Waals surface area (Å²) in [4.78, 5) is 15.5. The standard InChI is InChI=1S/C26H30FNO2/c1-18(30-17-29)24-13-10-19-5-2-3-8-25(19)26(24)14-12-23-11-9-21(16-28-23)20-6-4-7-22(27)15-20/h4,6-7,9,11-12,14-19,24-26H,2-3,5,8,10,13H2,1H3/b14-12+/t18-,19+,24+,25-,26-/m1/s1. The highest BCUT2D eigenvalue weighted by molar-refractivity contribution is 5.63. The van der Waals surface area contributed by atoms with E-state index in [0.717, 1.165) is 29.2 Å². The molecule has 2 aliphatic rings. The number of hydrogen-bond donors (Lipinski definition) is 0. The number of aromatic nitrogens is 1. The van der Waals surface area contributed by atoms with Gasteiger partial charge in [-0.1, -0.05) is 43.5 Å². The zero-order valence-electron chi connectivity index (χ0n) is 17.5. The molecule has 4 rings (SSSR count). The third-order valence-electron chi connectivity index (χ3n) is 7.13. The summed E-state index contributed by atoms with van der Waals surface area (Å²) in [6, 6.07) is 10.5. The van der Waals surface area contributed by atoms with Crippen LogP contribution in [0.5, 0.6) is 0 Å². The molecule has 4 heteroatoms. The molecule has 0 unspecified atom stereocenters. The van der Waals surface area contributed by atoms with Gasteiger partial charge in [0.1, 0.15) is 11.9 Å². The molecule has 2 fully saturated rings. The third-order valence-corrected chi connectivity index (χ3v) is 7.13. The van der Waals surface area contributed by atoms with Crippen molar-refractivity contribution in [2.24, 2.45) is 23.7 Å². The number of fused-ring (bicyclic) bond motifs is 1. The van der Waals surface area contributed by atoms with Crippen LogP contribution in [0.25, 0.3) is 17.2 Å². The molecule has 2 saturated carbocycles. The van der Waals surface area contributed by atoms with Crippen LogP contribution in [0.3, 0.4) is 0 Å². The average Bonchev–Trinajstić information content (AvgIpc) is 2.78. The minimum Gasteiger partial charge on any atom is -0.465 e. The van der Waals surface area contributed by atoms with Crippen LogP contribution in [0.15, 0.2) is 48.7 Å². The summed E-state index contributed by atoms with van der Waals surface area (Å²) >= 11 is 0. The number of carbonyl (C=O) groups is 1. The summed E-state index contributed by atoms with van der Waals surface area (Å²) in [6.45, 7) is 2.61. The Labute approximate surface area is 178 Å². The summed E-state index contributed by atoms with van der Waals surface area (Å²) in [7, 11) is 0. The Balaban J connectivity index is 1.53. The van der Waals surface area contributed by atoms with Crippen LogP contribution in [-0.4, -0.2) is 17.6 Å².